The van der Waals surface area contributed by atoms with Gasteiger partial charge in [0, 0.05) is 19.1 Å². The zero-order valence-electron chi connectivity index (χ0n) is 15.7. The Morgan fingerprint density at radius 3 is 2.46 bits per heavy atom. The SMILES string of the molecule is O=C(NCCC1CCN(C2CCCC2)CC1)NC[C@H](O)c1ccccc1. The number of likely N-dealkylation sites (tertiary alicyclic amines) is 1. The van der Waals surface area contributed by atoms with E-state index in [2.05, 4.69) is 15.5 Å². The lowest BCUT2D eigenvalue weighted by atomic mass is 9.92. The van der Waals surface area contributed by atoms with E-state index in [4.69, 9.17) is 0 Å². The van der Waals surface area contributed by atoms with Gasteiger partial charge in [0.05, 0.1) is 6.10 Å². The number of nitrogens with zero attached hydrogens (tertiary/aromatic N) is 1. The molecule has 1 saturated heterocycles. The average Bonchev–Trinajstić information content (AvgIpc) is 3.22. The summed E-state index contributed by atoms with van der Waals surface area (Å²) in [6.07, 6.45) is 8.49. The largest absolute Gasteiger partial charge is 0.387 e. The van der Waals surface area contributed by atoms with Crippen LogP contribution in [0.4, 0.5) is 4.79 Å². The summed E-state index contributed by atoms with van der Waals surface area (Å²) in [4.78, 5) is 14.6. The summed E-state index contributed by atoms with van der Waals surface area (Å²) in [5.74, 6) is 0.725. The third-order valence-electron chi connectivity index (χ3n) is 5.97. The lowest BCUT2D eigenvalue weighted by Crippen LogP contribution is -2.41. The van der Waals surface area contributed by atoms with E-state index >= 15 is 0 Å². The third-order valence-corrected chi connectivity index (χ3v) is 5.97. The molecule has 5 nitrogen and oxygen atoms in total. The average molecular weight is 360 g/mol. The monoisotopic (exact) mass is 359 g/mol. The fraction of sp³-hybridized carbons (Fsp3) is 0.667. The molecule has 0 radical (unpaired) electrons. The molecule has 1 aromatic carbocycles. The predicted octanol–water partition coefficient (Wildman–Crippen LogP) is 3.06. The van der Waals surface area contributed by atoms with Crippen LogP contribution in [0.5, 0.6) is 0 Å². The molecule has 1 atom stereocenters. The number of piperidine rings is 1. The maximum Gasteiger partial charge on any atom is 0.314 e. The van der Waals surface area contributed by atoms with Crippen LogP contribution in [0.2, 0.25) is 0 Å². The molecule has 0 bridgehead atoms. The van der Waals surface area contributed by atoms with Gasteiger partial charge >= 0.3 is 6.03 Å². The molecule has 2 amide bonds. The first-order valence-electron chi connectivity index (χ1n) is 10.2. The van der Waals surface area contributed by atoms with Crippen molar-refractivity contribution in [2.75, 3.05) is 26.2 Å². The van der Waals surface area contributed by atoms with Crippen LogP contribution in [0.3, 0.4) is 0 Å². The Hall–Kier alpha value is -1.59. The first kappa shape index (κ1) is 19.2. The Labute approximate surface area is 157 Å². The van der Waals surface area contributed by atoms with E-state index in [1.807, 2.05) is 30.3 Å². The summed E-state index contributed by atoms with van der Waals surface area (Å²) in [6, 6.07) is 10.1. The maximum absolute atomic E-state index is 11.9. The number of carbonyl (C=O) groups is 1. The summed E-state index contributed by atoms with van der Waals surface area (Å²) >= 11 is 0. The topological polar surface area (TPSA) is 64.6 Å². The zero-order chi connectivity index (χ0) is 18.2. The van der Waals surface area contributed by atoms with Gasteiger partial charge in [-0.15, -0.1) is 0 Å². The van der Waals surface area contributed by atoms with Gasteiger partial charge in [0.1, 0.15) is 0 Å². The molecule has 1 heterocycles. The minimum Gasteiger partial charge on any atom is -0.387 e. The summed E-state index contributed by atoms with van der Waals surface area (Å²) in [7, 11) is 0. The van der Waals surface area contributed by atoms with Crippen molar-refractivity contribution in [3.05, 3.63) is 35.9 Å². The first-order chi connectivity index (χ1) is 12.7. The van der Waals surface area contributed by atoms with Crippen LogP contribution in [0, 0.1) is 5.92 Å². The predicted molar refractivity (Wildman–Crippen MR) is 104 cm³/mol. The highest BCUT2D eigenvalue weighted by atomic mass is 16.3. The molecule has 0 spiro atoms. The molecule has 3 N–H and O–H groups in total. The molecular weight excluding hydrogens is 326 g/mol. The molecule has 144 valence electrons. The Bertz CT molecular complexity index is 537. The molecule has 3 rings (SSSR count). The van der Waals surface area contributed by atoms with Gasteiger partial charge in [0.25, 0.3) is 0 Å². The van der Waals surface area contributed by atoms with E-state index in [-0.39, 0.29) is 12.6 Å². The number of hydrogen-bond acceptors (Lipinski definition) is 3. The molecule has 1 aliphatic carbocycles. The highest BCUT2D eigenvalue weighted by Crippen LogP contribution is 2.28. The van der Waals surface area contributed by atoms with E-state index in [0.29, 0.717) is 6.54 Å². The number of aliphatic hydroxyl groups is 1. The molecule has 5 heteroatoms. The minimum absolute atomic E-state index is 0.191. The van der Waals surface area contributed by atoms with Crippen molar-refractivity contribution in [2.24, 2.45) is 5.92 Å². The van der Waals surface area contributed by atoms with Gasteiger partial charge in [0.2, 0.25) is 0 Å². The van der Waals surface area contributed by atoms with Gasteiger partial charge in [-0.3, -0.25) is 0 Å². The minimum atomic E-state index is -0.665. The Morgan fingerprint density at radius 2 is 1.77 bits per heavy atom. The summed E-state index contributed by atoms with van der Waals surface area (Å²) in [5, 5.41) is 15.7. The Kier molecular flexibility index (Phi) is 7.32. The van der Waals surface area contributed by atoms with E-state index < -0.39 is 6.10 Å². The number of nitrogens with one attached hydrogen (secondary N) is 2. The van der Waals surface area contributed by atoms with Gasteiger partial charge in [-0.2, -0.15) is 0 Å². The highest BCUT2D eigenvalue weighted by Gasteiger charge is 2.26. The second-order valence-corrected chi connectivity index (χ2v) is 7.77. The van der Waals surface area contributed by atoms with E-state index in [1.165, 1.54) is 51.6 Å². The van der Waals surface area contributed by atoms with Gasteiger partial charge < -0.3 is 20.6 Å². The van der Waals surface area contributed by atoms with Crippen molar-refractivity contribution in [3.63, 3.8) is 0 Å². The lowest BCUT2D eigenvalue weighted by molar-refractivity contribution is 0.131. The third kappa shape index (κ3) is 5.71. The Morgan fingerprint density at radius 1 is 1.08 bits per heavy atom. The first-order valence-corrected chi connectivity index (χ1v) is 10.2. The van der Waals surface area contributed by atoms with Gasteiger partial charge in [-0.1, -0.05) is 43.2 Å². The quantitative estimate of drug-likeness (QED) is 0.701. The summed E-state index contributed by atoms with van der Waals surface area (Å²) in [6.45, 7) is 3.40. The second kappa shape index (κ2) is 9.93. The second-order valence-electron chi connectivity index (χ2n) is 7.77. The van der Waals surface area contributed by atoms with Crippen LogP contribution in [-0.4, -0.2) is 48.3 Å². The van der Waals surface area contributed by atoms with Gasteiger partial charge in [-0.05, 0) is 56.7 Å². The lowest BCUT2D eigenvalue weighted by Gasteiger charge is -2.36. The zero-order valence-corrected chi connectivity index (χ0v) is 15.7. The van der Waals surface area contributed by atoms with Crippen LogP contribution >= 0.6 is 0 Å². The number of hydrogen-bond donors (Lipinski definition) is 3. The van der Waals surface area contributed by atoms with Gasteiger partial charge in [0.15, 0.2) is 0 Å². The van der Waals surface area contributed by atoms with Crippen molar-refractivity contribution >= 4 is 6.03 Å². The molecule has 2 fully saturated rings. The van der Waals surface area contributed by atoms with Crippen molar-refractivity contribution in [1.82, 2.24) is 15.5 Å². The Balaban J connectivity index is 1.26. The normalized spacial score (nSPS) is 20.8. The van der Waals surface area contributed by atoms with Crippen molar-refractivity contribution in [1.29, 1.82) is 0 Å². The smallest absolute Gasteiger partial charge is 0.314 e. The number of aliphatic hydroxyl groups excluding tert-OH is 1. The number of rotatable bonds is 7. The molecule has 0 aromatic heterocycles. The van der Waals surface area contributed by atoms with Crippen LogP contribution in [0.25, 0.3) is 0 Å². The fourth-order valence-electron chi connectivity index (χ4n) is 4.31. The van der Waals surface area contributed by atoms with Crippen LogP contribution < -0.4 is 10.6 Å². The number of urea groups is 1. The van der Waals surface area contributed by atoms with E-state index in [0.717, 1.165) is 23.9 Å². The van der Waals surface area contributed by atoms with Crippen LogP contribution in [0.15, 0.2) is 30.3 Å². The van der Waals surface area contributed by atoms with Crippen LogP contribution in [-0.2, 0) is 0 Å². The molecule has 1 saturated carbocycles. The summed E-state index contributed by atoms with van der Waals surface area (Å²) < 4.78 is 0. The molecule has 1 aromatic rings. The van der Waals surface area contributed by atoms with Crippen molar-refractivity contribution in [3.8, 4) is 0 Å². The molecular formula is C21H33N3O2. The van der Waals surface area contributed by atoms with Gasteiger partial charge in [-0.25, -0.2) is 4.79 Å². The number of benzene rings is 1. The molecule has 2 aliphatic rings. The van der Waals surface area contributed by atoms with E-state index in [1.54, 1.807) is 0 Å². The molecule has 0 unspecified atom stereocenters. The van der Waals surface area contributed by atoms with E-state index in [9.17, 15) is 9.90 Å². The standard InChI is InChI=1S/C21H33N3O2/c25-20(18-6-2-1-3-7-18)16-23-21(26)22-13-10-17-11-14-24(15-12-17)19-8-4-5-9-19/h1-3,6-7,17,19-20,25H,4-5,8-16H2,(H2,22,23,26)/t20-/m0/s1. The molecule has 1 aliphatic heterocycles. The van der Waals surface area contributed by atoms with Crippen LogP contribution in [0.1, 0.15) is 56.6 Å². The summed E-state index contributed by atoms with van der Waals surface area (Å²) in [5.41, 5.74) is 0.821. The fourth-order valence-corrected chi connectivity index (χ4v) is 4.31. The number of carbonyl (C=O) groups excluding carboxylic acids is 1. The number of amides is 2. The highest BCUT2D eigenvalue weighted by molar-refractivity contribution is 5.73. The van der Waals surface area contributed by atoms with Crippen molar-refractivity contribution in [2.45, 2.75) is 57.1 Å². The maximum atomic E-state index is 11.9. The molecule has 26 heavy (non-hydrogen) atoms. The van der Waals surface area contributed by atoms with Crippen molar-refractivity contribution < 1.29 is 9.90 Å².